The maximum atomic E-state index is 12.1. The van der Waals surface area contributed by atoms with Gasteiger partial charge in [0.15, 0.2) is 0 Å². The van der Waals surface area contributed by atoms with Crippen LogP contribution in [-0.4, -0.2) is 32.2 Å². The predicted molar refractivity (Wildman–Crippen MR) is 86.4 cm³/mol. The molecule has 0 atom stereocenters. The molecule has 2 heterocycles. The van der Waals surface area contributed by atoms with Gasteiger partial charge in [-0.15, -0.1) is 5.10 Å². The highest BCUT2D eigenvalue weighted by molar-refractivity contribution is 5.90. The lowest BCUT2D eigenvalue weighted by Crippen LogP contribution is -2.27. The number of hydrogen-bond donors (Lipinski definition) is 1. The Kier molecular flexibility index (Phi) is 4.42. The average molecular weight is 307 g/mol. The topological polar surface area (TPSA) is 72.7 Å². The largest absolute Gasteiger partial charge is 0.349 e. The van der Waals surface area contributed by atoms with E-state index >= 15 is 0 Å². The summed E-state index contributed by atoms with van der Waals surface area (Å²) in [7, 11) is 0. The van der Waals surface area contributed by atoms with Gasteiger partial charge in [-0.05, 0) is 30.7 Å². The maximum absolute atomic E-state index is 12.1. The third kappa shape index (κ3) is 3.60. The number of pyridine rings is 1. The molecule has 0 saturated carbocycles. The fourth-order valence-corrected chi connectivity index (χ4v) is 2.23. The molecule has 23 heavy (non-hydrogen) atoms. The van der Waals surface area contributed by atoms with E-state index in [0.29, 0.717) is 13.0 Å². The van der Waals surface area contributed by atoms with E-state index in [0.717, 1.165) is 16.9 Å². The number of nitrogens with one attached hydrogen (secondary N) is 1. The van der Waals surface area contributed by atoms with Gasteiger partial charge >= 0.3 is 0 Å². The lowest BCUT2D eigenvalue weighted by molar-refractivity contribution is 0.0944. The van der Waals surface area contributed by atoms with Gasteiger partial charge in [-0.2, -0.15) is 0 Å². The van der Waals surface area contributed by atoms with Crippen molar-refractivity contribution in [3.63, 3.8) is 0 Å². The van der Waals surface area contributed by atoms with E-state index in [9.17, 15) is 4.79 Å². The number of benzene rings is 1. The molecule has 1 aromatic carbocycles. The zero-order valence-electron chi connectivity index (χ0n) is 12.8. The normalized spacial score (nSPS) is 10.5. The summed E-state index contributed by atoms with van der Waals surface area (Å²) in [5, 5.41) is 7.05. The molecule has 0 aliphatic heterocycles. The molecule has 0 unspecified atom stereocenters. The summed E-state index contributed by atoms with van der Waals surface area (Å²) in [5.74, 6) is -0.123. The molecule has 116 valence electrons. The highest BCUT2D eigenvalue weighted by atomic mass is 16.2. The molecular weight excluding hydrogens is 290 g/mol. The van der Waals surface area contributed by atoms with Crippen LogP contribution in [0.3, 0.4) is 0 Å². The molecule has 6 nitrogen and oxygen atoms in total. The van der Waals surface area contributed by atoms with Crippen molar-refractivity contribution in [2.45, 2.75) is 13.3 Å². The smallest absolute Gasteiger partial charge is 0.290 e. The molecular formula is C17H17N5O. The molecule has 0 saturated heterocycles. The van der Waals surface area contributed by atoms with Gasteiger partial charge in [0.05, 0.1) is 5.69 Å². The van der Waals surface area contributed by atoms with Crippen LogP contribution in [0.5, 0.6) is 0 Å². The first kappa shape index (κ1) is 14.9. The minimum absolute atomic E-state index is 0.161. The van der Waals surface area contributed by atoms with E-state index in [-0.39, 0.29) is 11.7 Å². The predicted octanol–water partition coefficient (Wildman–Crippen LogP) is 1.94. The van der Waals surface area contributed by atoms with Crippen molar-refractivity contribution in [1.29, 1.82) is 0 Å². The minimum Gasteiger partial charge on any atom is -0.349 e. The Morgan fingerprint density at radius 2 is 1.96 bits per heavy atom. The lowest BCUT2D eigenvalue weighted by Gasteiger charge is -2.04. The van der Waals surface area contributed by atoms with Crippen LogP contribution >= 0.6 is 0 Å². The first-order valence-electron chi connectivity index (χ1n) is 7.40. The minimum atomic E-state index is -0.284. The zero-order valence-corrected chi connectivity index (χ0v) is 12.8. The Hall–Kier alpha value is -3.02. The van der Waals surface area contributed by atoms with Crippen LogP contribution in [0.2, 0.25) is 0 Å². The number of nitrogens with zero attached hydrogens (tertiary/aromatic N) is 4. The molecule has 0 aliphatic carbocycles. The van der Waals surface area contributed by atoms with Crippen LogP contribution in [0.15, 0.2) is 55.0 Å². The van der Waals surface area contributed by atoms with Crippen molar-refractivity contribution >= 4 is 5.91 Å². The second kappa shape index (κ2) is 6.83. The molecule has 2 aromatic heterocycles. The van der Waals surface area contributed by atoms with Gasteiger partial charge in [-0.3, -0.25) is 9.78 Å². The molecule has 0 fully saturated rings. The molecule has 1 N–H and O–H groups in total. The van der Waals surface area contributed by atoms with Crippen LogP contribution in [-0.2, 0) is 6.42 Å². The Morgan fingerprint density at radius 3 is 2.74 bits per heavy atom. The fourth-order valence-electron chi connectivity index (χ4n) is 2.23. The second-order valence-corrected chi connectivity index (χ2v) is 5.13. The monoisotopic (exact) mass is 307 g/mol. The van der Waals surface area contributed by atoms with E-state index in [1.807, 2.05) is 49.4 Å². The van der Waals surface area contributed by atoms with Crippen molar-refractivity contribution in [2.75, 3.05) is 6.54 Å². The van der Waals surface area contributed by atoms with E-state index < -0.39 is 0 Å². The standard InChI is InChI=1S/C17H17N5O/c1-13-6-2-3-8-15(13)22-12-20-16(21-22)17(23)19-11-9-14-7-4-5-10-18-14/h2-8,10,12H,9,11H2,1H3,(H,19,23). The third-order valence-corrected chi connectivity index (χ3v) is 3.45. The van der Waals surface area contributed by atoms with Crippen LogP contribution in [0, 0.1) is 6.92 Å². The summed E-state index contributed by atoms with van der Waals surface area (Å²) < 4.78 is 1.61. The Balaban J connectivity index is 1.62. The number of aromatic nitrogens is 4. The van der Waals surface area contributed by atoms with Crippen LogP contribution in [0.1, 0.15) is 21.9 Å². The Labute approximate surface area is 134 Å². The van der Waals surface area contributed by atoms with Crippen molar-refractivity contribution in [2.24, 2.45) is 0 Å². The van der Waals surface area contributed by atoms with E-state index in [4.69, 9.17) is 0 Å². The Morgan fingerprint density at radius 1 is 1.13 bits per heavy atom. The fraction of sp³-hybridized carbons (Fsp3) is 0.176. The number of carbonyl (C=O) groups excluding carboxylic acids is 1. The number of hydrogen-bond acceptors (Lipinski definition) is 4. The lowest BCUT2D eigenvalue weighted by atomic mass is 10.2. The first-order valence-corrected chi connectivity index (χ1v) is 7.40. The average Bonchev–Trinajstić information content (AvgIpc) is 3.06. The maximum Gasteiger partial charge on any atom is 0.290 e. The molecule has 0 aliphatic rings. The summed E-state index contributed by atoms with van der Waals surface area (Å²) in [6.07, 6.45) is 3.96. The van der Waals surface area contributed by atoms with E-state index in [2.05, 4.69) is 20.4 Å². The Bertz CT molecular complexity index is 798. The van der Waals surface area contributed by atoms with Gasteiger partial charge in [0, 0.05) is 24.9 Å². The highest BCUT2D eigenvalue weighted by Gasteiger charge is 2.12. The third-order valence-electron chi connectivity index (χ3n) is 3.45. The number of aryl methyl sites for hydroxylation is 1. The van der Waals surface area contributed by atoms with Crippen molar-refractivity contribution < 1.29 is 4.79 Å². The molecule has 3 aromatic rings. The van der Waals surface area contributed by atoms with Crippen LogP contribution < -0.4 is 5.32 Å². The molecule has 1 amide bonds. The summed E-state index contributed by atoms with van der Waals surface area (Å²) in [5.41, 5.74) is 2.92. The summed E-state index contributed by atoms with van der Waals surface area (Å²) in [4.78, 5) is 20.4. The van der Waals surface area contributed by atoms with Crippen LogP contribution in [0.4, 0.5) is 0 Å². The quantitative estimate of drug-likeness (QED) is 0.782. The number of para-hydroxylation sites is 1. The van der Waals surface area contributed by atoms with Crippen molar-refractivity contribution in [1.82, 2.24) is 25.1 Å². The van der Waals surface area contributed by atoms with E-state index in [1.54, 1.807) is 17.2 Å². The number of rotatable bonds is 5. The SMILES string of the molecule is Cc1ccccc1-n1cnc(C(=O)NCCc2ccccn2)n1. The van der Waals surface area contributed by atoms with Gasteiger partial charge in [0.2, 0.25) is 5.82 Å². The molecule has 0 spiro atoms. The zero-order chi connectivity index (χ0) is 16.1. The summed E-state index contributed by atoms with van der Waals surface area (Å²) in [6, 6.07) is 13.5. The van der Waals surface area contributed by atoms with Crippen molar-refractivity contribution in [3.8, 4) is 5.69 Å². The highest BCUT2D eigenvalue weighted by Crippen LogP contribution is 2.11. The van der Waals surface area contributed by atoms with Gasteiger partial charge < -0.3 is 5.32 Å². The van der Waals surface area contributed by atoms with Gasteiger partial charge in [0.25, 0.3) is 5.91 Å². The number of carbonyl (C=O) groups is 1. The van der Waals surface area contributed by atoms with Gasteiger partial charge in [-0.1, -0.05) is 24.3 Å². The van der Waals surface area contributed by atoms with E-state index in [1.165, 1.54) is 0 Å². The van der Waals surface area contributed by atoms with Crippen molar-refractivity contribution in [3.05, 3.63) is 72.1 Å². The second-order valence-electron chi connectivity index (χ2n) is 5.13. The molecule has 0 radical (unpaired) electrons. The first-order chi connectivity index (χ1) is 11.2. The molecule has 6 heteroatoms. The van der Waals surface area contributed by atoms with Gasteiger partial charge in [-0.25, -0.2) is 9.67 Å². The molecule has 0 bridgehead atoms. The van der Waals surface area contributed by atoms with Gasteiger partial charge in [0.1, 0.15) is 6.33 Å². The summed E-state index contributed by atoms with van der Waals surface area (Å²) in [6.45, 7) is 2.48. The summed E-state index contributed by atoms with van der Waals surface area (Å²) >= 11 is 0. The number of amides is 1. The van der Waals surface area contributed by atoms with Crippen LogP contribution in [0.25, 0.3) is 5.69 Å². The molecule has 3 rings (SSSR count).